The Morgan fingerprint density at radius 1 is 1.53 bits per heavy atom. The van der Waals surface area contributed by atoms with Crippen LogP contribution in [0.1, 0.15) is 16.8 Å². The normalized spacial score (nSPS) is 15.9. The molecule has 2 heterocycles. The molecule has 1 aliphatic rings. The molecule has 0 atom stereocenters. The quantitative estimate of drug-likeness (QED) is 0.761. The third kappa shape index (κ3) is 2.39. The second-order valence-corrected chi connectivity index (χ2v) is 4.35. The molecule has 5 nitrogen and oxygen atoms in total. The zero-order valence-electron chi connectivity index (χ0n) is 10.3. The van der Waals surface area contributed by atoms with Gasteiger partial charge in [0.2, 0.25) is 5.91 Å². The number of aryl methyl sites for hydroxylation is 2. The minimum Gasteiger partial charge on any atom is -0.353 e. The summed E-state index contributed by atoms with van der Waals surface area (Å²) >= 11 is 0. The molecule has 0 radical (unpaired) electrons. The maximum atomic E-state index is 11.4. The Kier molecular flexibility index (Phi) is 3.28. The molecule has 1 saturated heterocycles. The third-order valence-corrected chi connectivity index (χ3v) is 3.08. The maximum Gasteiger partial charge on any atom is 0.239 e. The van der Waals surface area contributed by atoms with Crippen LogP contribution >= 0.6 is 0 Å². The highest BCUT2D eigenvalue weighted by Crippen LogP contribution is 2.21. The smallest absolute Gasteiger partial charge is 0.239 e. The van der Waals surface area contributed by atoms with E-state index in [1.165, 1.54) is 0 Å². The van der Waals surface area contributed by atoms with Crippen molar-refractivity contribution in [2.45, 2.75) is 20.4 Å². The molecule has 3 N–H and O–H groups in total. The van der Waals surface area contributed by atoms with Crippen LogP contribution in [0.3, 0.4) is 0 Å². The van der Waals surface area contributed by atoms with E-state index in [-0.39, 0.29) is 5.91 Å². The Labute approximate surface area is 101 Å². The summed E-state index contributed by atoms with van der Waals surface area (Å²) in [5.74, 6) is 0.893. The second-order valence-electron chi connectivity index (χ2n) is 4.35. The molecule has 1 aromatic heterocycles. The van der Waals surface area contributed by atoms with E-state index in [0.717, 1.165) is 29.2 Å². The summed E-state index contributed by atoms with van der Waals surface area (Å²) in [5.41, 5.74) is 8.87. The number of amides is 1. The van der Waals surface area contributed by atoms with Crippen LogP contribution in [0.4, 0.5) is 5.82 Å². The number of nitrogens with one attached hydrogen (secondary N) is 1. The number of hydrogen-bond acceptors (Lipinski definition) is 4. The fraction of sp³-hybridized carbons (Fsp3) is 0.500. The van der Waals surface area contributed by atoms with Crippen LogP contribution in [-0.4, -0.2) is 30.5 Å². The molecule has 1 aromatic rings. The molecule has 1 fully saturated rings. The van der Waals surface area contributed by atoms with Crippen molar-refractivity contribution in [1.29, 1.82) is 0 Å². The Morgan fingerprint density at radius 2 is 2.29 bits per heavy atom. The van der Waals surface area contributed by atoms with Gasteiger partial charge in [-0.3, -0.25) is 4.79 Å². The molecule has 1 aliphatic heterocycles. The maximum absolute atomic E-state index is 11.4. The van der Waals surface area contributed by atoms with E-state index in [1.807, 2.05) is 18.7 Å². The van der Waals surface area contributed by atoms with Crippen molar-refractivity contribution in [3.05, 3.63) is 22.9 Å². The van der Waals surface area contributed by atoms with Crippen LogP contribution in [0.15, 0.2) is 6.07 Å². The molecule has 1 amide bonds. The Morgan fingerprint density at radius 3 is 2.94 bits per heavy atom. The van der Waals surface area contributed by atoms with Crippen LogP contribution in [-0.2, 0) is 11.3 Å². The molecular formula is C12H18N4O. The van der Waals surface area contributed by atoms with Crippen molar-refractivity contribution < 1.29 is 4.79 Å². The van der Waals surface area contributed by atoms with E-state index in [0.29, 0.717) is 19.6 Å². The number of piperazine rings is 1. The van der Waals surface area contributed by atoms with Crippen molar-refractivity contribution in [1.82, 2.24) is 10.3 Å². The Hall–Kier alpha value is -1.62. The lowest BCUT2D eigenvalue weighted by Gasteiger charge is -2.29. The van der Waals surface area contributed by atoms with E-state index in [2.05, 4.69) is 16.4 Å². The number of nitrogens with zero attached hydrogens (tertiary/aromatic N) is 2. The lowest BCUT2D eigenvalue weighted by atomic mass is 10.1. The highest BCUT2D eigenvalue weighted by atomic mass is 16.2. The number of aromatic nitrogens is 1. The monoisotopic (exact) mass is 234 g/mol. The van der Waals surface area contributed by atoms with Gasteiger partial charge in [-0.2, -0.15) is 0 Å². The Bertz CT molecular complexity index is 444. The summed E-state index contributed by atoms with van der Waals surface area (Å²) < 4.78 is 0. The van der Waals surface area contributed by atoms with E-state index >= 15 is 0 Å². The summed E-state index contributed by atoms with van der Waals surface area (Å²) in [4.78, 5) is 17.9. The van der Waals surface area contributed by atoms with E-state index < -0.39 is 0 Å². The largest absolute Gasteiger partial charge is 0.353 e. The first kappa shape index (κ1) is 11.9. The highest BCUT2D eigenvalue weighted by Gasteiger charge is 2.20. The SMILES string of the molecule is Cc1cc(CN)c(N2CCNC(=O)C2)nc1C. The first-order valence-electron chi connectivity index (χ1n) is 5.80. The third-order valence-electron chi connectivity index (χ3n) is 3.08. The summed E-state index contributed by atoms with van der Waals surface area (Å²) in [5, 5.41) is 2.81. The van der Waals surface area contributed by atoms with Gasteiger partial charge >= 0.3 is 0 Å². The standard InChI is InChI=1S/C12H18N4O/c1-8-5-10(6-13)12(15-9(8)2)16-4-3-14-11(17)7-16/h5H,3-4,6-7,13H2,1-2H3,(H,14,17). The molecule has 0 aromatic carbocycles. The van der Waals surface area contributed by atoms with Gasteiger partial charge in [-0.15, -0.1) is 0 Å². The van der Waals surface area contributed by atoms with Gasteiger partial charge in [0.15, 0.2) is 0 Å². The van der Waals surface area contributed by atoms with Crippen LogP contribution in [0, 0.1) is 13.8 Å². The molecule has 0 saturated carbocycles. The second kappa shape index (κ2) is 4.71. The van der Waals surface area contributed by atoms with Gasteiger partial charge in [-0.1, -0.05) is 0 Å². The first-order valence-corrected chi connectivity index (χ1v) is 5.80. The van der Waals surface area contributed by atoms with Crippen LogP contribution in [0.25, 0.3) is 0 Å². The number of anilines is 1. The fourth-order valence-electron chi connectivity index (χ4n) is 1.99. The van der Waals surface area contributed by atoms with E-state index in [4.69, 9.17) is 5.73 Å². The van der Waals surface area contributed by atoms with Crippen molar-refractivity contribution in [2.75, 3.05) is 24.5 Å². The van der Waals surface area contributed by atoms with Gasteiger partial charge < -0.3 is 16.0 Å². The fourth-order valence-corrected chi connectivity index (χ4v) is 1.99. The molecule has 2 rings (SSSR count). The molecule has 0 spiro atoms. The summed E-state index contributed by atoms with van der Waals surface area (Å²) in [7, 11) is 0. The molecule has 92 valence electrons. The number of hydrogen-bond donors (Lipinski definition) is 2. The highest BCUT2D eigenvalue weighted by molar-refractivity contribution is 5.82. The number of pyridine rings is 1. The molecular weight excluding hydrogens is 216 g/mol. The zero-order valence-corrected chi connectivity index (χ0v) is 10.3. The van der Waals surface area contributed by atoms with Gasteiger partial charge in [0.25, 0.3) is 0 Å². The average molecular weight is 234 g/mol. The summed E-state index contributed by atoms with van der Waals surface area (Å²) in [6.07, 6.45) is 0. The van der Waals surface area contributed by atoms with Crippen molar-refractivity contribution in [3.63, 3.8) is 0 Å². The van der Waals surface area contributed by atoms with Gasteiger partial charge in [-0.25, -0.2) is 4.98 Å². The predicted octanol–water partition coefficient (Wildman–Crippen LogP) is 0.0933. The van der Waals surface area contributed by atoms with Gasteiger partial charge in [0.1, 0.15) is 5.82 Å². The van der Waals surface area contributed by atoms with Gasteiger partial charge in [0, 0.05) is 30.9 Å². The average Bonchev–Trinajstić information content (AvgIpc) is 2.32. The minimum absolute atomic E-state index is 0.0410. The number of rotatable bonds is 2. The van der Waals surface area contributed by atoms with Crippen molar-refractivity contribution in [3.8, 4) is 0 Å². The molecule has 0 unspecified atom stereocenters. The summed E-state index contributed by atoms with van der Waals surface area (Å²) in [6.45, 7) is 6.26. The number of carbonyl (C=O) groups excluding carboxylic acids is 1. The van der Waals surface area contributed by atoms with Crippen LogP contribution in [0.5, 0.6) is 0 Å². The Balaban J connectivity index is 2.36. The van der Waals surface area contributed by atoms with Crippen LogP contribution in [0.2, 0.25) is 0 Å². The molecule has 5 heteroatoms. The molecule has 0 bridgehead atoms. The van der Waals surface area contributed by atoms with Crippen molar-refractivity contribution >= 4 is 11.7 Å². The zero-order chi connectivity index (χ0) is 12.4. The van der Waals surface area contributed by atoms with Crippen molar-refractivity contribution in [2.24, 2.45) is 5.73 Å². The van der Waals surface area contributed by atoms with Gasteiger partial charge in [-0.05, 0) is 25.5 Å². The first-order chi connectivity index (χ1) is 8.11. The summed E-state index contributed by atoms with van der Waals surface area (Å²) in [6, 6.07) is 2.06. The molecule has 17 heavy (non-hydrogen) atoms. The predicted molar refractivity (Wildman–Crippen MR) is 66.8 cm³/mol. The van der Waals surface area contributed by atoms with Gasteiger partial charge in [0.05, 0.1) is 6.54 Å². The molecule has 0 aliphatic carbocycles. The van der Waals surface area contributed by atoms with E-state index in [1.54, 1.807) is 0 Å². The minimum atomic E-state index is 0.0410. The van der Waals surface area contributed by atoms with E-state index in [9.17, 15) is 4.79 Å². The number of carbonyl (C=O) groups is 1. The lowest BCUT2D eigenvalue weighted by molar-refractivity contribution is -0.120. The number of nitrogens with two attached hydrogens (primary N) is 1. The topological polar surface area (TPSA) is 71.2 Å². The lowest BCUT2D eigenvalue weighted by Crippen LogP contribution is -2.48. The van der Waals surface area contributed by atoms with Crippen LogP contribution < -0.4 is 16.0 Å².